The van der Waals surface area contributed by atoms with Gasteiger partial charge in [0.15, 0.2) is 6.10 Å². The van der Waals surface area contributed by atoms with E-state index in [1.165, 1.54) is 0 Å². The van der Waals surface area contributed by atoms with Crippen LogP contribution in [-0.2, 0) is 4.79 Å². The molecule has 0 saturated carbocycles. The van der Waals surface area contributed by atoms with Crippen LogP contribution in [0.15, 0.2) is 42.5 Å². The van der Waals surface area contributed by atoms with Crippen molar-refractivity contribution >= 4 is 29.1 Å². The van der Waals surface area contributed by atoms with E-state index in [-0.39, 0.29) is 5.91 Å². The molecule has 5 nitrogen and oxygen atoms in total. The maximum Gasteiger partial charge on any atom is 0.265 e. The van der Waals surface area contributed by atoms with Crippen molar-refractivity contribution in [2.45, 2.75) is 26.4 Å². The van der Waals surface area contributed by atoms with Crippen LogP contribution in [0.5, 0.6) is 5.75 Å². The number of nitrogens with two attached hydrogens (primary N) is 1. The Morgan fingerprint density at radius 1 is 1.21 bits per heavy atom. The van der Waals surface area contributed by atoms with E-state index in [2.05, 4.69) is 5.32 Å². The number of carbonyl (C=O) groups excluding carboxylic acids is 2. The largest absolute Gasteiger partial charge is 0.481 e. The molecule has 0 radical (unpaired) electrons. The van der Waals surface area contributed by atoms with E-state index >= 15 is 0 Å². The van der Waals surface area contributed by atoms with Crippen LogP contribution in [0.3, 0.4) is 0 Å². The van der Waals surface area contributed by atoms with E-state index in [1.54, 1.807) is 42.5 Å². The quantitative estimate of drug-likeness (QED) is 0.839. The zero-order valence-corrected chi connectivity index (χ0v) is 14.3. The molecular weight excluding hydrogens is 328 g/mol. The van der Waals surface area contributed by atoms with Crippen molar-refractivity contribution in [2.24, 2.45) is 5.73 Å². The molecule has 2 rings (SSSR count). The molecule has 2 amide bonds. The third kappa shape index (κ3) is 4.49. The van der Waals surface area contributed by atoms with Crippen LogP contribution in [0.1, 0.15) is 29.3 Å². The molecule has 3 N–H and O–H groups in total. The second-order valence-electron chi connectivity index (χ2n) is 5.36. The molecule has 0 fully saturated rings. The highest BCUT2D eigenvalue weighted by Gasteiger charge is 2.19. The maximum absolute atomic E-state index is 12.4. The van der Waals surface area contributed by atoms with Gasteiger partial charge < -0.3 is 15.8 Å². The molecule has 6 heteroatoms. The highest BCUT2D eigenvalue weighted by molar-refractivity contribution is 6.31. The summed E-state index contributed by atoms with van der Waals surface area (Å²) in [5, 5.41) is 3.41. The Balaban J connectivity index is 2.05. The third-order valence-electron chi connectivity index (χ3n) is 3.51. The lowest BCUT2D eigenvalue weighted by Crippen LogP contribution is -2.32. The molecule has 0 heterocycles. The monoisotopic (exact) mass is 346 g/mol. The Morgan fingerprint density at radius 2 is 1.88 bits per heavy atom. The summed E-state index contributed by atoms with van der Waals surface area (Å²) in [6.45, 7) is 3.74. The summed E-state index contributed by atoms with van der Waals surface area (Å²) in [6.07, 6.45) is -0.131. The first-order valence-electron chi connectivity index (χ1n) is 7.54. The fraction of sp³-hybridized carbons (Fsp3) is 0.222. The second-order valence-corrected chi connectivity index (χ2v) is 5.76. The van der Waals surface area contributed by atoms with E-state index < -0.39 is 12.0 Å². The van der Waals surface area contributed by atoms with Crippen LogP contribution < -0.4 is 15.8 Å². The normalized spacial score (nSPS) is 11.6. The van der Waals surface area contributed by atoms with Crippen molar-refractivity contribution in [2.75, 3.05) is 5.32 Å². The van der Waals surface area contributed by atoms with Crippen molar-refractivity contribution in [3.63, 3.8) is 0 Å². The first kappa shape index (κ1) is 17.8. The fourth-order valence-electron chi connectivity index (χ4n) is 2.12. The number of primary amides is 1. The third-order valence-corrected chi connectivity index (χ3v) is 3.93. The molecule has 0 aliphatic carbocycles. The Kier molecular flexibility index (Phi) is 5.82. The number of anilines is 1. The molecule has 0 spiro atoms. The minimum Gasteiger partial charge on any atom is -0.481 e. The van der Waals surface area contributed by atoms with Gasteiger partial charge in [-0.15, -0.1) is 0 Å². The molecule has 0 saturated heterocycles. The zero-order valence-electron chi connectivity index (χ0n) is 13.5. The molecule has 24 heavy (non-hydrogen) atoms. The fourth-order valence-corrected chi connectivity index (χ4v) is 2.24. The van der Waals surface area contributed by atoms with Gasteiger partial charge in [0.05, 0.1) is 0 Å². The summed E-state index contributed by atoms with van der Waals surface area (Å²) in [6, 6.07) is 11.6. The molecule has 126 valence electrons. The molecule has 0 aromatic heterocycles. The number of nitrogens with one attached hydrogen (secondary N) is 1. The van der Waals surface area contributed by atoms with Gasteiger partial charge >= 0.3 is 0 Å². The first-order chi connectivity index (χ1) is 11.4. The van der Waals surface area contributed by atoms with E-state index in [0.29, 0.717) is 28.4 Å². The summed E-state index contributed by atoms with van der Waals surface area (Å²) in [7, 11) is 0. The van der Waals surface area contributed by atoms with Gasteiger partial charge in [-0.25, -0.2) is 0 Å². The number of halogens is 1. The van der Waals surface area contributed by atoms with E-state index in [1.807, 2.05) is 13.8 Å². The lowest BCUT2D eigenvalue weighted by atomic mass is 10.2. The van der Waals surface area contributed by atoms with E-state index in [0.717, 1.165) is 5.56 Å². The molecule has 2 aromatic carbocycles. The minimum absolute atomic E-state index is 0.267. The Hall–Kier alpha value is -2.53. The lowest BCUT2D eigenvalue weighted by molar-refractivity contribution is -0.122. The maximum atomic E-state index is 12.4. The summed E-state index contributed by atoms with van der Waals surface area (Å²) in [5.41, 5.74) is 7.02. The minimum atomic E-state index is -0.638. The average Bonchev–Trinajstić information content (AvgIpc) is 2.56. The van der Waals surface area contributed by atoms with E-state index in [9.17, 15) is 9.59 Å². The van der Waals surface area contributed by atoms with Crippen LogP contribution in [0.25, 0.3) is 0 Å². The van der Waals surface area contributed by atoms with Gasteiger partial charge in [-0.1, -0.05) is 18.5 Å². The summed E-state index contributed by atoms with van der Waals surface area (Å²) >= 11 is 5.99. The van der Waals surface area contributed by atoms with Gasteiger partial charge in [-0.2, -0.15) is 0 Å². The Bertz CT molecular complexity index is 744. The number of benzene rings is 2. The molecule has 1 atom stereocenters. The Morgan fingerprint density at radius 3 is 2.42 bits per heavy atom. The van der Waals surface area contributed by atoms with Gasteiger partial charge in [-0.05, 0) is 61.4 Å². The van der Waals surface area contributed by atoms with Crippen LogP contribution in [0.2, 0.25) is 5.02 Å². The number of hydrogen-bond donors (Lipinski definition) is 2. The Labute approximate surface area is 145 Å². The van der Waals surface area contributed by atoms with Crippen LogP contribution in [0.4, 0.5) is 5.69 Å². The van der Waals surface area contributed by atoms with Crippen molar-refractivity contribution in [1.29, 1.82) is 0 Å². The van der Waals surface area contributed by atoms with Crippen molar-refractivity contribution < 1.29 is 14.3 Å². The molecule has 0 bridgehead atoms. The van der Waals surface area contributed by atoms with Crippen molar-refractivity contribution in [1.82, 2.24) is 0 Å². The first-order valence-corrected chi connectivity index (χ1v) is 7.92. The number of amides is 2. The summed E-state index contributed by atoms with van der Waals surface area (Å²) in [5.74, 6) is -0.194. The van der Waals surface area contributed by atoms with Gasteiger partial charge in [0.1, 0.15) is 5.75 Å². The van der Waals surface area contributed by atoms with Crippen LogP contribution in [-0.4, -0.2) is 17.9 Å². The van der Waals surface area contributed by atoms with Gasteiger partial charge in [0.2, 0.25) is 5.91 Å². The number of ether oxygens (including phenoxy) is 1. The van der Waals surface area contributed by atoms with Crippen LogP contribution in [0, 0.1) is 6.92 Å². The van der Waals surface area contributed by atoms with Gasteiger partial charge in [0.25, 0.3) is 5.91 Å². The topological polar surface area (TPSA) is 81.4 Å². The number of rotatable bonds is 6. The van der Waals surface area contributed by atoms with Gasteiger partial charge in [0, 0.05) is 16.3 Å². The highest BCUT2D eigenvalue weighted by atomic mass is 35.5. The SMILES string of the molecule is CCC(Oc1ccc(Cl)c(C)c1)C(=O)Nc1ccc(C(N)=O)cc1. The number of hydrogen-bond acceptors (Lipinski definition) is 3. The molecule has 2 aromatic rings. The molecule has 0 aliphatic heterocycles. The number of aryl methyl sites for hydroxylation is 1. The second kappa shape index (κ2) is 7.84. The lowest BCUT2D eigenvalue weighted by Gasteiger charge is -2.18. The zero-order chi connectivity index (χ0) is 17.7. The standard InChI is InChI=1S/C18H19ClN2O3/c1-3-16(24-14-8-9-15(19)11(2)10-14)18(23)21-13-6-4-12(5-7-13)17(20)22/h4-10,16H,3H2,1-2H3,(H2,20,22)(H,21,23). The smallest absolute Gasteiger partial charge is 0.265 e. The molecule has 0 aliphatic rings. The summed E-state index contributed by atoms with van der Waals surface area (Å²) < 4.78 is 5.75. The average molecular weight is 347 g/mol. The predicted octanol–water partition coefficient (Wildman–Crippen LogP) is 3.54. The molecular formula is C18H19ClN2O3. The van der Waals surface area contributed by atoms with Crippen molar-refractivity contribution in [3.05, 3.63) is 58.6 Å². The van der Waals surface area contributed by atoms with E-state index in [4.69, 9.17) is 22.1 Å². The van der Waals surface area contributed by atoms with Crippen molar-refractivity contribution in [3.8, 4) is 5.75 Å². The van der Waals surface area contributed by atoms with Gasteiger partial charge in [-0.3, -0.25) is 9.59 Å². The molecule has 1 unspecified atom stereocenters. The van der Waals surface area contributed by atoms with Crippen LogP contribution >= 0.6 is 11.6 Å². The summed E-state index contributed by atoms with van der Waals surface area (Å²) in [4.78, 5) is 23.4. The predicted molar refractivity (Wildman–Crippen MR) is 94.5 cm³/mol. The number of carbonyl (C=O) groups is 2. The highest BCUT2D eigenvalue weighted by Crippen LogP contribution is 2.22.